The molecule has 1 saturated heterocycles. The minimum Gasteiger partial charge on any atom is -0.378 e. The Morgan fingerprint density at radius 2 is 2.12 bits per heavy atom. The van der Waals surface area contributed by atoms with E-state index in [9.17, 15) is 9.18 Å². The molecule has 5 heteroatoms. The predicted octanol–water partition coefficient (Wildman–Crippen LogP) is 3.73. The fourth-order valence-corrected chi connectivity index (χ4v) is 3.30. The van der Waals surface area contributed by atoms with Crippen molar-refractivity contribution >= 4 is 5.91 Å². The van der Waals surface area contributed by atoms with Crippen LogP contribution in [0.2, 0.25) is 0 Å². The Balaban J connectivity index is 1.78. The van der Waals surface area contributed by atoms with Gasteiger partial charge in [-0.1, -0.05) is 18.2 Å². The lowest BCUT2D eigenvalue weighted by molar-refractivity contribution is -0.132. The molecule has 1 aromatic carbocycles. The van der Waals surface area contributed by atoms with Gasteiger partial charge in [0.2, 0.25) is 5.91 Å². The number of rotatable bonds is 6. The maximum atomic E-state index is 13.3. The minimum atomic E-state index is -0.291. The molecule has 0 spiro atoms. The topological polar surface area (TPSA) is 42.4 Å². The zero-order valence-corrected chi connectivity index (χ0v) is 14.4. The van der Waals surface area contributed by atoms with Crippen LogP contribution in [0.25, 0.3) is 0 Å². The molecule has 1 unspecified atom stereocenters. The number of hydrogen-bond donors (Lipinski definition) is 0. The molecule has 1 aliphatic rings. The predicted molar refractivity (Wildman–Crippen MR) is 93.5 cm³/mol. The summed E-state index contributed by atoms with van der Waals surface area (Å²) in [6.07, 6.45) is 6.93. The first kappa shape index (κ1) is 17.5. The summed E-state index contributed by atoms with van der Waals surface area (Å²) in [5, 5.41) is 0. The number of ether oxygens (including phenoxy) is 1. The molecule has 0 radical (unpaired) electrons. The Hall–Kier alpha value is -2.27. The van der Waals surface area contributed by atoms with Crippen LogP contribution in [-0.2, 0) is 9.53 Å². The molecule has 1 aromatic heterocycles. The van der Waals surface area contributed by atoms with Gasteiger partial charge in [-0.2, -0.15) is 0 Å². The summed E-state index contributed by atoms with van der Waals surface area (Å²) >= 11 is 0. The van der Waals surface area contributed by atoms with Gasteiger partial charge >= 0.3 is 0 Å². The number of aromatic nitrogens is 1. The van der Waals surface area contributed by atoms with Crippen molar-refractivity contribution in [2.24, 2.45) is 0 Å². The number of pyridine rings is 1. The molecule has 2 aromatic rings. The van der Waals surface area contributed by atoms with Gasteiger partial charge in [0.15, 0.2) is 0 Å². The summed E-state index contributed by atoms with van der Waals surface area (Å²) in [4.78, 5) is 18.6. The number of carbonyl (C=O) groups excluding carboxylic acids is 1. The molecule has 1 fully saturated rings. The van der Waals surface area contributed by atoms with Crippen LogP contribution in [0.3, 0.4) is 0 Å². The third-order valence-electron chi connectivity index (χ3n) is 4.67. The quantitative estimate of drug-likeness (QED) is 0.803. The molecule has 0 bridgehead atoms. The Morgan fingerprint density at radius 3 is 2.76 bits per heavy atom. The van der Waals surface area contributed by atoms with E-state index in [2.05, 4.69) is 4.98 Å². The van der Waals surface area contributed by atoms with Crippen LogP contribution in [0, 0.1) is 5.82 Å². The average Bonchev–Trinajstić information content (AvgIpc) is 3.16. The molecule has 0 N–H and O–H groups in total. The van der Waals surface area contributed by atoms with Crippen molar-refractivity contribution < 1.29 is 13.9 Å². The number of benzene rings is 1. The van der Waals surface area contributed by atoms with Gasteiger partial charge in [0.05, 0.1) is 12.1 Å². The highest BCUT2D eigenvalue weighted by Gasteiger charge is 2.25. The van der Waals surface area contributed by atoms with Crippen LogP contribution in [0.15, 0.2) is 48.8 Å². The fourth-order valence-electron chi connectivity index (χ4n) is 3.30. The van der Waals surface area contributed by atoms with Gasteiger partial charge in [0.25, 0.3) is 0 Å². The first-order valence-electron chi connectivity index (χ1n) is 8.68. The summed E-state index contributed by atoms with van der Waals surface area (Å²) in [6.45, 7) is 0.794. The summed E-state index contributed by atoms with van der Waals surface area (Å²) in [5.41, 5.74) is 1.77. The number of carbonyl (C=O) groups is 1. The first-order chi connectivity index (χ1) is 12.1. The second-order valence-electron chi connectivity index (χ2n) is 6.42. The van der Waals surface area contributed by atoms with Crippen LogP contribution >= 0.6 is 0 Å². The SMILES string of the molecule is CN(C(=O)CC[C@@H]1CCCO1)C(c1ccc(F)cc1)c1cccnc1. The van der Waals surface area contributed by atoms with E-state index in [0.717, 1.165) is 37.0 Å². The van der Waals surface area contributed by atoms with Gasteiger partial charge in [0, 0.05) is 32.5 Å². The molecule has 1 amide bonds. The summed E-state index contributed by atoms with van der Waals surface area (Å²) in [5.74, 6) is -0.241. The molecule has 2 heterocycles. The maximum Gasteiger partial charge on any atom is 0.223 e. The van der Waals surface area contributed by atoms with E-state index >= 15 is 0 Å². The van der Waals surface area contributed by atoms with Crippen molar-refractivity contribution in [3.63, 3.8) is 0 Å². The van der Waals surface area contributed by atoms with Gasteiger partial charge in [-0.05, 0) is 48.6 Å². The molecular formula is C20H23FN2O2. The van der Waals surface area contributed by atoms with Crippen molar-refractivity contribution in [2.75, 3.05) is 13.7 Å². The number of nitrogens with zero attached hydrogens (tertiary/aromatic N) is 2. The number of amides is 1. The van der Waals surface area contributed by atoms with E-state index in [-0.39, 0.29) is 23.9 Å². The third kappa shape index (κ3) is 4.42. The Bertz CT molecular complexity index is 685. The number of hydrogen-bond acceptors (Lipinski definition) is 3. The second-order valence-corrected chi connectivity index (χ2v) is 6.42. The highest BCUT2D eigenvalue weighted by molar-refractivity contribution is 5.77. The van der Waals surface area contributed by atoms with Gasteiger partial charge in [-0.25, -0.2) is 4.39 Å². The van der Waals surface area contributed by atoms with Crippen LogP contribution in [0.1, 0.15) is 42.9 Å². The molecule has 4 nitrogen and oxygen atoms in total. The lowest BCUT2D eigenvalue weighted by Gasteiger charge is -2.29. The monoisotopic (exact) mass is 342 g/mol. The summed E-state index contributed by atoms with van der Waals surface area (Å²) in [6, 6.07) is 9.77. The van der Waals surface area contributed by atoms with E-state index in [0.29, 0.717) is 6.42 Å². The molecule has 2 atom stereocenters. The highest BCUT2D eigenvalue weighted by atomic mass is 19.1. The lowest BCUT2D eigenvalue weighted by Crippen LogP contribution is -2.32. The molecular weight excluding hydrogens is 319 g/mol. The van der Waals surface area contributed by atoms with Crippen LogP contribution in [0.4, 0.5) is 4.39 Å². The van der Waals surface area contributed by atoms with E-state index in [1.54, 1.807) is 36.5 Å². The van der Waals surface area contributed by atoms with Crippen molar-refractivity contribution in [1.82, 2.24) is 9.88 Å². The van der Waals surface area contributed by atoms with E-state index in [1.807, 2.05) is 12.1 Å². The summed E-state index contributed by atoms with van der Waals surface area (Å²) < 4.78 is 18.9. The van der Waals surface area contributed by atoms with Gasteiger partial charge < -0.3 is 9.64 Å². The van der Waals surface area contributed by atoms with Crippen molar-refractivity contribution in [3.05, 3.63) is 65.7 Å². The molecule has 0 saturated carbocycles. The average molecular weight is 342 g/mol. The highest BCUT2D eigenvalue weighted by Crippen LogP contribution is 2.28. The van der Waals surface area contributed by atoms with Crippen molar-refractivity contribution in [3.8, 4) is 0 Å². The second kappa shape index (κ2) is 8.21. The molecule has 1 aliphatic heterocycles. The Morgan fingerprint density at radius 1 is 1.32 bits per heavy atom. The molecule has 25 heavy (non-hydrogen) atoms. The zero-order chi connectivity index (χ0) is 17.6. The van der Waals surface area contributed by atoms with Crippen molar-refractivity contribution in [1.29, 1.82) is 0 Å². The smallest absolute Gasteiger partial charge is 0.223 e. The molecule has 132 valence electrons. The van der Waals surface area contributed by atoms with Crippen LogP contribution in [0.5, 0.6) is 0 Å². The van der Waals surface area contributed by atoms with Crippen LogP contribution in [-0.4, -0.2) is 35.5 Å². The van der Waals surface area contributed by atoms with Crippen LogP contribution < -0.4 is 0 Å². The third-order valence-corrected chi connectivity index (χ3v) is 4.67. The lowest BCUT2D eigenvalue weighted by atomic mass is 9.98. The van der Waals surface area contributed by atoms with E-state index in [4.69, 9.17) is 4.74 Å². The Labute approximate surface area is 147 Å². The minimum absolute atomic E-state index is 0.0497. The first-order valence-corrected chi connectivity index (χ1v) is 8.68. The fraction of sp³-hybridized carbons (Fsp3) is 0.400. The molecule has 0 aliphatic carbocycles. The zero-order valence-electron chi connectivity index (χ0n) is 14.4. The number of halogens is 1. The normalized spacial score (nSPS) is 18.1. The standard InChI is InChI=1S/C20H23FN2O2/c1-23(19(24)11-10-18-5-3-13-25-18)20(16-4-2-12-22-14-16)15-6-8-17(21)9-7-15/h2,4,6-9,12,14,18,20H,3,5,10-11,13H2,1H3/t18-,20?/m0/s1. The van der Waals surface area contributed by atoms with E-state index in [1.165, 1.54) is 12.1 Å². The summed E-state index contributed by atoms with van der Waals surface area (Å²) in [7, 11) is 1.79. The largest absolute Gasteiger partial charge is 0.378 e. The van der Waals surface area contributed by atoms with Gasteiger partial charge in [-0.15, -0.1) is 0 Å². The van der Waals surface area contributed by atoms with Gasteiger partial charge in [-0.3, -0.25) is 9.78 Å². The molecule has 3 rings (SSSR count). The van der Waals surface area contributed by atoms with Crippen molar-refractivity contribution in [2.45, 2.75) is 37.8 Å². The maximum absolute atomic E-state index is 13.3. The van der Waals surface area contributed by atoms with E-state index < -0.39 is 0 Å². The van der Waals surface area contributed by atoms with Gasteiger partial charge in [0.1, 0.15) is 5.82 Å². The Kier molecular flexibility index (Phi) is 5.76.